The minimum atomic E-state index is -0.226. The van der Waals surface area contributed by atoms with Crippen molar-refractivity contribution in [2.45, 2.75) is 10.8 Å². The van der Waals surface area contributed by atoms with Crippen LogP contribution in [0.5, 0.6) is 11.5 Å². The molecule has 4 rings (SSSR count). The lowest BCUT2D eigenvalue weighted by Crippen LogP contribution is -2.12. The van der Waals surface area contributed by atoms with Gasteiger partial charge in [0.1, 0.15) is 28.4 Å². The molecule has 0 saturated carbocycles. The number of carbonyl (C=O) groups is 1. The van der Waals surface area contributed by atoms with E-state index >= 15 is 0 Å². The van der Waals surface area contributed by atoms with Gasteiger partial charge >= 0.3 is 0 Å². The second-order valence-corrected chi connectivity index (χ2v) is 7.25. The quantitative estimate of drug-likeness (QED) is 0.344. The number of hydrogen-bond donors (Lipinski definition) is 2. The Kier molecular flexibility index (Phi) is 5.80. The van der Waals surface area contributed by atoms with Crippen LogP contribution in [0.4, 0.5) is 5.69 Å². The highest BCUT2D eigenvalue weighted by molar-refractivity contribution is 7.98. The van der Waals surface area contributed by atoms with Gasteiger partial charge in [-0.3, -0.25) is 4.79 Å². The first kappa shape index (κ1) is 19.7. The Bertz CT molecular complexity index is 1180. The summed E-state index contributed by atoms with van der Waals surface area (Å²) in [6.07, 6.45) is 3.11. The molecule has 0 saturated heterocycles. The molecule has 0 atom stereocenters. The van der Waals surface area contributed by atoms with Gasteiger partial charge in [-0.05, 0) is 29.8 Å². The van der Waals surface area contributed by atoms with E-state index in [0.717, 1.165) is 16.1 Å². The second kappa shape index (κ2) is 8.83. The highest BCUT2D eigenvalue weighted by Gasteiger charge is 2.12. The zero-order valence-corrected chi connectivity index (χ0v) is 17.2. The molecule has 152 valence electrons. The topological polar surface area (TPSA) is 102 Å². The van der Waals surface area contributed by atoms with E-state index in [-0.39, 0.29) is 5.91 Å². The molecule has 0 spiro atoms. The number of ether oxygens (including phenoxy) is 2. The third-order valence-electron chi connectivity index (χ3n) is 4.43. The molecule has 0 radical (unpaired) electrons. The summed E-state index contributed by atoms with van der Waals surface area (Å²) in [5, 5.41) is 3.71. The largest absolute Gasteiger partial charge is 0.497 e. The molecule has 0 aliphatic rings. The summed E-state index contributed by atoms with van der Waals surface area (Å²) >= 11 is 1.58. The Hall–Kier alpha value is -3.59. The van der Waals surface area contributed by atoms with Crippen molar-refractivity contribution in [3.05, 3.63) is 66.2 Å². The number of aromatic nitrogens is 4. The van der Waals surface area contributed by atoms with E-state index in [1.807, 2.05) is 12.1 Å². The lowest BCUT2D eigenvalue weighted by molar-refractivity contribution is 0.102. The van der Waals surface area contributed by atoms with Crippen LogP contribution in [0.25, 0.3) is 11.2 Å². The summed E-state index contributed by atoms with van der Waals surface area (Å²) in [5.41, 5.74) is 3.64. The number of benzene rings is 2. The number of hydrogen-bond acceptors (Lipinski definition) is 7. The van der Waals surface area contributed by atoms with E-state index in [1.54, 1.807) is 62.6 Å². The van der Waals surface area contributed by atoms with Gasteiger partial charge in [0.25, 0.3) is 5.91 Å². The molecule has 0 bridgehead atoms. The third kappa shape index (κ3) is 4.20. The molecule has 2 heterocycles. The van der Waals surface area contributed by atoms with Gasteiger partial charge in [-0.25, -0.2) is 15.0 Å². The number of aromatic amines is 1. The molecule has 30 heavy (non-hydrogen) atoms. The third-order valence-corrected chi connectivity index (χ3v) is 5.50. The standard InChI is InChI=1S/C21H19N5O3S/c1-28-15-7-8-17(29-2)16(9-15)26-20(27)14-5-3-13(4-6-14)10-30-21-18-19(23-11-22-18)24-12-25-21/h3-9,11-12H,10H2,1-2H3,(H,26,27)(H,22,23,24,25). The first-order valence-electron chi connectivity index (χ1n) is 9.07. The Morgan fingerprint density at radius 2 is 1.90 bits per heavy atom. The lowest BCUT2D eigenvalue weighted by Gasteiger charge is -2.12. The zero-order chi connectivity index (χ0) is 20.9. The number of anilines is 1. The van der Waals surface area contributed by atoms with Gasteiger partial charge in [0.2, 0.25) is 0 Å². The van der Waals surface area contributed by atoms with Gasteiger partial charge in [-0.2, -0.15) is 0 Å². The molecule has 2 aromatic carbocycles. The number of H-pyrrole nitrogens is 1. The van der Waals surface area contributed by atoms with E-state index in [9.17, 15) is 4.79 Å². The zero-order valence-electron chi connectivity index (χ0n) is 16.4. The van der Waals surface area contributed by atoms with Crippen molar-refractivity contribution >= 4 is 34.5 Å². The number of amides is 1. The molecule has 0 fully saturated rings. The number of thioether (sulfide) groups is 1. The van der Waals surface area contributed by atoms with E-state index in [0.29, 0.717) is 34.1 Å². The van der Waals surface area contributed by atoms with Crippen molar-refractivity contribution in [2.75, 3.05) is 19.5 Å². The summed E-state index contributed by atoms with van der Waals surface area (Å²) in [4.78, 5) is 28.3. The van der Waals surface area contributed by atoms with E-state index in [4.69, 9.17) is 9.47 Å². The summed E-state index contributed by atoms with van der Waals surface area (Å²) in [6, 6.07) is 12.7. The van der Waals surface area contributed by atoms with Gasteiger partial charge in [-0.15, -0.1) is 0 Å². The average Bonchev–Trinajstić information content (AvgIpc) is 3.27. The number of imidazole rings is 1. The van der Waals surface area contributed by atoms with Crippen molar-refractivity contribution in [3.8, 4) is 11.5 Å². The molecular formula is C21H19N5O3S. The highest BCUT2D eigenvalue weighted by atomic mass is 32.2. The molecule has 2 N–H and O–H groups in total. The van der Waals surface area contributed by atoms with Gasteiger partial charge in [-0.1, -0.05) is 23.9 Å². The number of nitrogens with zero attached hydrogens (tertiary/aromatic N) is 3. The van der Waals surface area contributed by atoms with Crippen LogP contribution >= 0.6 is 11.8 Å². The Morgan fingerprint density at radius 1 is 1.07 bits per heavy atom. The van der Waals surface area contributed by atoms with Gasteiger partial charge in [0, 0.05) is 17.4 Å². The molecule has 2 aromatic heterocycles. The van der Waals surface area contributed by atoms with Gasteiger partial charge < -0.3 is 19.8 Å². The molecule has 8 nitrogen and oxygen atoms in total. The first-order valence-corrected chi connectivity index (χ1v) is 10.1. The lowest BCUT2D eigenvalue weighted by atomic mass is 10.1. The fourth-order valence-corrected chi connectivity index (χ4v) is 3.77. The predicted molar refractivity (Wildman–Crippen MR) is 115 cm³/mol. The second-order valence-electron chi connectivity index (χ2n) is 6.29. The Morgan fingerprint density at radius 3 is 2.67 bits per heavy atom. The van der Waals surface area contributed by atoms with Crippen LogP contribution in [-0.4, -0.2) is 40.1 Å². The molecule has 9 heteroatoms. The predicted octanol–water partition coefficient (Wildman–Crippen LogP) is 3.91. The number of nitrogens with one attached hydrogen (secondary N) is 2. The van der Waals surface area contributed by atoms with Crippen molar-refractivity contribution in [1.82, 2.24) is 19.9 Å². The summed E-state index contributed by atoms with van der Waals surface area (Å²) in [7, 11) is 3.13. The van der Waals surface area contributed by atoms with E-state index in [1.165, 1.54) is 6.33 Å². The monoisotopic (exact) mass is 421 g/mol. The smallest absolute Gasteiger partial charge is 0.255 e. The average molecular weight is 421 g/mol. The summed E-state index contributed by atoms with van der Waals surface area (Å²) in [5.74, 6) is 1.67. The fourth-order valence-electron chi connectivity index (χ4n) is 2.86. The fraction of sp³-hybridized carbons (Fsp3) is 0.143. The van der Waals surface area contributed by atoms with Crippen LogP contribution in [0.3, 0.4) is 0 Å². The maximum atomic E-state index is 12.6. The van der Waals surface area contributed by atoms with Gasteiger partial charge in [0.15, 0.2) is 5.65 Å². The van der Waals surface area contributed by atoms with Crippen molar-refractivity contribution < 1.29 is 14.3 Å². The van der Waals surface area contributed by atoms with Gasteiger partial charge in [0.05, 0.1) is 26.2 Å². The molecule has 0 aliphatic heterocycles. The molecule has 1 amide bonds. The minimum Gasteiger partial charge on any atom is -0.497 e. The maximum absolute atomic E-state index is 12.6. The Labute approximate surface area is 177 Å². The molecule has 4 aromatic rings. The van der Waals surface area contributed by atoms with Crippen LogP contribution in [0, 0.1) is 0 Å². The number of fused-ring (bicyclic) bond motifs is 1. The van der Waals surface area contributed by atoms with Crippen LogP contribution in [-0.2, 0) is 5.75 Å². The highest BCUT2D eigenvalue weighted by Crippen LogP contribution is 2.29. The van der Waals surface area contributed by atoms with Crippen molar-refractivity contribution in [2.24, 2.45) is 0 Å². The van der Waals surface area contributed by atoms with Crippen molar-refractivity contribution in [3.63, 3.8) is 0 Å². The number of carbonyl (C=O) groups excluding carboxylic acids is 1. The van der Waals surface area contributed by atoms with Crippen LogP contribution < -0.4 is 14.8 Å². The molecular weight excluding hydrogens is 402 g/mol. The maximum Gasteiger partial charge on any atom is 0.255 e. The minimum absolute atomic E-state index is 0.226. The molecule has 0 aliphatic carbocycles. The van der Waals surface area contributed by atoms with Crippen molar-refractivity contribution in [1.29, 1.82) is 0 Å². The van der Waals surface area contributed by atoms with E-state index < -0.39 is 0 Å². The number of rotatable bonds is 7. The number of methoxy groups -OCH3 is 2. The first-order chi connectivity index (χ1) is 14.7. The summed E-state index contributed by atoms with van der Waals surface area (Å²) in [6.45, 7) is 0. The SMILES string of the molecule is COc1ccc(OC)c(NC(=O)c2ccc(CSc3ncnc4nc[nH]c34)cc2)c1. The molecule has 0 unspecified atom stereocenters. The summed E-state index contributed by atoms with van der Waals surface area (Å²) < 4.78 is 10.5. The van der Waals surface area contributed by atoms with Crippen LogP contribution in [0.15, 0.2) is 60.1 Å². The Balaban J connectivity index is 1.43. The normalized spacial score (nSPS) is 10.7. The van der Waals surface area contributed by atoms with Crippen LogP contribution in [0.2, 0.25) is 0 Å². The van der Waals surface area contributed by atoms with E-state index in [2.05, 4.69) is 25.3 Å². The van der Waals surface area contributed by atoms with Crippen LogP contribution in [0.1, 0.15) is 15.9 Å².